The van der Waals surface area contributed by atoms with E-state index in [-0.39, 0.29) is 0 Å². The number of nitrogens with two attached hydrogens (primary N) is 1. The topological polar surface area (TPSA) is 55.0 Å². The maximum absolute atomic E-state index is 5.78. The fourth-order valence-electron chi connectivity index (χ4n) is 1.96. The molecule has 0 amide bonds. The van der Waals surface area contributed by atoms with Gasteiger partial charge in [-0.25, -0.2) is 9.97 Å². The molecule has 0 aliphatic heterocycles. The highest BCUT2D eigenvalue weighted by Gasteiger charge is 2.13. The lowest BCUT2D eigenvalue weighted by Gasteiger charge is -2.21. The van der Waals surface area contributed by atoms with Crippen molar-refractivity contribution in [2.45, 2.75) is 19.8 Å². The van der Waals surface area contributed by atoms with Gasteiger partial charge in [-0.15, -0.1) is 0 Å². The van der Waals surface area contributed by atoms with Gasteiger partial charge in [-0.1, -0.05) is 38.2 Å². The summed E-state index contributed by atoms with van der Waals surface area (Å²) in [5.41, 5.74) is 8.57. The fourth-order valence-corrected chi connectivity index (χ4v) is 2.13. The minimum Gasteiger partial charge on any atom is -0.389 e. The molecule has 0 aliphatic carbocycles. The summed E-state index contributed by atoms with van der Waals surface area (Å²) in [6.45, 7) is 4.21. The molecule has 1 aromatic heterocycles. The number of para-hydroxylation sites is 1. The minimum atomic E-state index is 0.357. The van der Waals surface area contributed by atoms with Crippen LogP contribution in [-0.4, -0.2) is 22.0 Å². The molecule has 0 saturated heterocycles. The van der Waals surface area contributed by atoms with Crippen molar-refractivity contribution in [1.82, 2.24) is 9.97 Å². The van der Waals surface area contributed by atoms with Crippen LogP contribution in [0.25, 0.3) is 0 Å². The Hall–Kier alpha value is -2.01. The summed E-state index contributed by atoms with van der Waals surface area (Å²) in [6.07, 6.45) is 1.59. The fraction of sp³-hybridized carbons (Fsp3) is 0.267. The number of hydrogen-bond donors (Lipinski definition) is 1. The molecule has 0 radical (unpaired) electrons. The molecule has 0 unspecified atom stereocenters. The molecular formula is C15H18N4S. The minimum absolute atomic E-state index is 0.357. The smallest absolute Gasteiger partial charge is 0.136 e. The van der Waals surface area contributed by atoms with Crippen molar-refractivity contribution in [3.63, 3.8) is 0 Å². The van der Waals surface area contributed by atoms with Gasteiger partial charge in [0.2, 0.25) is 0 Å². The van der Waals surface area contributed by atoms with E-state index >= 15 is 0 Å². The van der Waals surface area contributed by atoms with Crippen molar-refractivity contribution in [3.8, 4) is 0 Å². The summed E-state index contributed by atoms with van der Waals surface area (Å²) in [4.78, 5) is 11.0. The van der Waals surface area contributed by atoms with Crippen LogP contribution in [0.1, 0.15) is 31.0 Å². The van der Waals surface area contributed by atoms with Gasteiger partial charge in [0.25, 0.3) is 0 Å². The molecule has 104 valence electrons. The Morgan fingerprint density at radius 3 is 2.60 bits per heavy atom. The molecule has 0 spiro atoms. The highest BCUT2D eigenvalue weighted by molar-refractivity contribution is 7.80. The Kier molecular flexibility index (Phi) is 4.29. The molecule has 4 nitrogen and oxygen atoms in total. The molecule has 1 heterocycles. The summed E-state index contributed by atoms with van der Waals surface area (Å²) in [5, 5.41) is 0. The first kappa shape index (κ1) is 14.4. The first-order valence-electron chi connectivity index (χ1n) is 6.45. The van der Waals surface area contributed by atoms with Gasteiger partial charge >= 0.3 is 0 Å². The van der Waals surface area contributed by atoms with E-state index in [1.165, 1.54) is 0 Å². The second kappa shape index (κ2) is 5.96. The third-order valence-electron chi connectivity index (χ3n) is 3.14. The number of nitrogens with zero attached hydrogens (tertiary/aromatic N) is 3. The normalized spacial score (nSPS) is 10.6. The van der Waals surface area contributed by atoms with Gasteiger partial charge in [-0.3, -0.25) is 0 Å². The molecule has 0 saturated carbocycles. The first-order valence-corrected chi connectivity index (χ1v) is 6.86. The van der Waals surface area contributed by atoms with Crippen molar-refractivity contribution in [1.29, 1.82) is 0 Å². The summed E-state index contributed by atoms with van der Waals surface area (Å²) < 4.78 is 0. The number of aromatic nitrogens is 2. The van der Waals surface area contributed by atoms with Crippen molar-refractivity contribution >= 4 is 28.7 Å². The van der Waals surface area contributed by atoms with Crippen molar-refractivity contribution in [3.05, 3.63) is 47.9 Å². The highest BCUT2D eigenvalue weighted by atomic mass is 32.1. The molecule has 5 heteroatoms. The van der Waals surface area contributed by atoms with Crippen LogP contribution in [-0.2, 0) is 0 Å². The van der Waals surface area contributed by atoms with E-state index in [1.54, 1.807) is 6.33 Å². The van der Waals surface area contributed by atoms with Crippen LogP contribution < -0.4 is 10.6 Å². The zero-order chi connectivity index (χ0) is 14.7. The zero-order valence-electron chi connectivity index (χ0n) is 11.9. The van der Waals surface area contributed by atoms with E-state index in [4.69, 9.17) is 18.0 Å². The molecule has 1 aromatic carbocycles. The van der Waals surface area contributed by atoms with Gasteiger partial charge in [0, 0.05) is 24.4 Å². The van der Waals surface area contributed by atoms with Crippen LogP contribution in [0.2, 0.25) is 0 Å². The molecule has 2 rings (SSSR count). The van der Waals surface area contributed by atoms with Crippen molar-refractivity contribution < 1.29 is 0 Å². The lowest BCUT2D eigenvalue weighted by Crippen LogP contribution is -2.18. The molecule has 0 bridgehead atoms. The SMILES string of the molecule is CC(C)c1cc(N(C)c2ccccc2C(N)=S)ncn1. The summed E-state index contributed by atoms with van der Waals surface area (Å²) in [6, 6.07) is 9.76. The Bertz CT molecular complexity index is 625. The second-order valence-electron chi connectivity index (χ2n) is 4.90. The third-order valence-corrected chi connectivity index (χ3v) is 3.36. The number of hydrogen-bond acceptors (Lipinski definition) is 4. The lowest BCUT2D eigenvalue weighted by atomic mass is 10.1. The Morgan fingerprint density at radius 2 is 1.95 bits per heavy atom. The average molecular weight is 286 g/mol. The lowest BCUT2D eigenvalue weighted by molar-refractivity contribution is 0.812. The van der Waals surface area contributed by atoms with Crippen LogP contribution in [0.5, 0.6) is 0 Å². The van der Waals surface area contributed by atoms with E-state index in [9.17, 15) is 0 Å². The average Bonchev–Trinajstić information content (AvgIpc) is 2.46. The standard InChI is InChI=1S/C15H18N4S/c1-10(2)12-8-14(18-9-17-12)19(3)13-7-5-4-6-11(13)15(16)20/h4-10H,1-3H3,(H2,16,20). The predicted octanol–water partition coefficient (Wildman–Crippen LogP) is 3.00. The summed E-state index contributed by atoms with van der Waals surface area (Å²) in [5.74, 6) is 1.18. The molecule has 0 aliphatic rings. The number of benzene rings is 1. The van der Waals surface area contributed by atoms with Crippen LogP contribution in [0.3, 0.4) is 0 Å². The van der Waals surface area contributed by atoms with E-state index < -0.39 is 0 Å². The first-order chi connectivity index (χ1) is 9.50. The Morgan fingerprint density at radius 1 is 1.25 bits per heavy atom. The van der Waals surface area contributed by atoms with Gasteiger partial charge in [0.05, 0.1) is 5.69 Å². The summed E-state index contributed by atoms with van der Waals surface area (Å²) in [7, 11) is 1.95. The van der Waals surface area contributed by atoms with Crippen LogP contribution >= 0.6 is 12.2 Å². The van der Waals surface area contributed by atoms with E-state index in [1.807, 2.05) is 42.3 Å². The van der Waals surface area contributed by atoms with Gasteiger partial charge in [-0.2, -0.15) is 0 Å². The Balaban J connectivity index is 2.44. The maximum Gasteiger partial charge on any atom is 0.136 e. The molecule has 2 aromatic rings. The quantitative estimate of drug-likeness (QED) is 0.876. The van der Waals surface area contributed by atoms with Gasteiger partial charge < -0.3 is 10.6 Å². The van der Waals surface area contributed by atoms with E-state index in [2.05, 4.69) is 23.8 Å². The highest BCUT2D eigenvalue weighted by Crippen LogP contribution is 2.26. The van der Waals surface area contributed by atoms with E-state index in [0.717, 1.165) is 22.8 Å². The zero-order valence-corrected chi connectivity index (χ0v) is 12.7. The Labute approximate surface area is 124 Å². The van der Waals surface area contributed by atoms with E-state index in [0.29, 0.717) is 10.9 Å². The van der Waals surface area contributed by atoms with Gasteiger partial charge in [0.1, 0.15) is 17.1 Å². The molecule has 20 heavy (non-hydrogen) atoms. The predicted molar refractivity (Wildman–Crippen MR) is 86.5 cm³/mol. The van der Waals surface area contributed by atoms with Gasteiger partial charge in [-0.05, 0) is 18.1 Å². The molecule has 0 fully saturated rings. The third kappa shape index (κ3) is 2.93. The monoisotopic (exact) mass is 286 g/mol. The molecule has 0 atom stereocenters. The number of anilines is 2. The van der Waals surface area contributed by atoms with Crippen LogP contribution in [0.4, 0.5) is 11.5 Å². The van der Waals surface area contributed by atoms with Crippen molar-refractivity contribution in [2.75, 3.05) is 11.9 Å². The molecular weight excluding hydrogens is 268 g/mol. The maximum atomic E-state index is 5.78. The van der Waals surface area contributed by atoms with Crippen LogP contribution in [0.15, 0.2) is 36.7 Å². The van der Waals surface area contributed by atoms with Crippen LogP contribution in [0, 0.1) is 0 Å². The molecule has 2 N–H and O–H groups in total. The largest absolute Gasteiger partial charge is 0.389 e. The van der Waals surface area contributed by atoms with Gasteiger partial charge in [0.15, 0.2) is 0 Å². The number of rotatable bonds is 4. The van der Waals surface area contributed by atoms with Crippen molar-refractivity contribution in [2.24, 2.45) is 5.73 Å². The second-order valence-corrected chi connectivity index (χ2v) is 5.34. The summed E-state index contributed by atoms with van der Waals surface area (Å²) >= 11 is 5.10. The number of thiocarbonyl (C=S) groups is 1.